The van der Waals surface area contributed by atoms with Gasteiger partial charge < -0.3 is 5.32 Å². The second-order valence-electron chi connectivity index (χ2n) is 3.98. The minimum Gasteiger partial charge on any atom is -0.353 e. The summed E-state index contributed by atoms with van der Waals surface area (Å²) in [4.78, 5) is 11.3. The van der Waals surface area contributed by atoms with Gasteiger partial charge in [-0.2, -0.15) is 0 Å². The number of rotatable bonds is 4. The standard InChI is InChI=1S/C10H18ClNO/c1-8-4-5-9(7-8)12-10(13)3-2-6-11/h8-9H,2-7H2,1H3,(H,12,13). The Balaban J connectivity index is 2.13. The molecule has 0 heterocycles. The normalized spacial score (nSPS) is 27.5. The summed E-state index contributed by atoms with van der Waals surface area (Å²) in [5.41, 5.74) is 0. The number of nitrogens with one attached hydrogen (secondary N) is 1. The van der Waals surface area contributed by atoms with Crippen molar-refractivity contribution in [2.24, 2.45) is 5.92 Å². The molecular weight excluding hydrogens is 186 g/mol. The van der Waals surface area contributed by atoms with Crippen LogP contribution in [0, 0.1) is 5.92 Å². The monoisotopic (exact) mass is 203 g/mol. The summed E-state index contributed by atoms with van der Waals surface area (Å²) in [6, 6.07) is 0.429. The van der Waals surface area contributed by atoms with Crippen LogP contribution < -0.4 is 5.32 Å². The van der Waals surface area contributed by atoms with E-state index in [1.54, 1.807) is 0 Å². The lowest BCUT2D eigenvalue weighted by atomic mass is 10.1. The third-order valence-corrected chi connectivity index (χ3v) is 2.86. The van der Waals surface area contributed by atoms with E-state index in [0.717, 1.165) is 25.2 Å². The van der Waals surface area contributed by atoms with E-state index in [1.165, 1.54) is 6.42 Å². The summed E-state index contributed by atoms with van der Waals surface area (Å²) in [6.45, 7) is 2.24. The van der Waals surface area contributed by atoms with Crippen LogP contribution >= 0.6 is 11.6 Å². The summed E-state index contributed by atoms with van der Waals surface area (Å²) in [5, 5.41) is 3.05. The molecule has 13 heavy (non-hydrogen) atoms. The Morgan fingerprint density at radius 2 is 2.31 bits per heavy atom. The van der Waals surface area contributed by atoms with Gasteiger partial charge in [0, 0.05) is 18.3 Å². The van der Waals surface area contributed by atoms with Crippen LogP contribution in [0.15, 0.2) is 0 Å². The smallest absolute Gasteiger partial charge is 0.220 e. The number of halogens is 1. The van der Waals surface area contributed by atoms with Crippen molar-refractivity contribution in [2.45, 2.75) is 45.1 Å². The quantitative estimate of drug-likeness (QED) is 0.699. The molecule has 0 spiro atoms. The first-order chi connectivity index (χ1) is 6.22. The molecule has 0 aromatic carbocycles. The van der Waals surface area contributed by atoms with Gasteiger partial charge >= 0.3 is 0 Å². The molecule has 1 aliphatic carbocycles. The summed E-state index contributed by atoms with van der Waals surface area (Å²) >= 11 is 5.51. The van der Waals surface area contributed by atoms with Crippen LogP contribution in [0.1, 0.15) is 39.0 Å². The molecule has 2 nitrogen and oxygen atoms in total. The molecule has 2 unspecified atom stereocenters. The van der Waals surface area contributed by atoms with Gasteiger partial charge in [0.2, 0.25) is 5.91 Å². The van der Waals surface area contributed by atoms with Crippen molar-refractivity contribution in [3.05, 3.63) is 0 Å². The topological polar surface area (TPSA) is 29.1 Å². The van der Waals surface area contributed by atoms with Crippen LogP contribution in [0.2, 0.25) is 0 Å². The number of amides is 1. The van der Waals surface area contributed by atoms with Gasteiger partial charge in [-0.3, -0.25) is 4.79 Å². The number of alkyl halides is 1. The lowest BCUT2D eigenvalue weighted by Crippen LogP contribution is -2.32. The van der Waals surface area contributed by atoms with Crippen molar-refractivity contribution < 1.29 is 4.79 Å². The first-order valence-electron chi connectivity index (χ1n) is 5.07. The van der Waals surface area contributed by atoms with E-state index in [1.807, 2.05) is 0 Å². The highest BCUT2D eigenvalue weighted by atomic mass is 35.5. The summed E-state index contributed by atoms with van der Waals surface area (Å²) in [5.74, 6) is 1.52. The highest BCUT2D eigenvalue weighted by Crippen LogP contribution is 2.24. The Hall–Kier alpha value is -0.240. The highest BCUT2D eigenvalue weighted by Gasteiger charge is 2.22. The van der Waals surface area contributed by atoms with Crippen LogP contribution in [0.3, 0.4) is 0 Å². The van der Waals surface area contributed by atoms with Crippen LogP contribution in [0.25, 0.3) is 0 Å². The van der Waals surface area contributed by atoms with Crippen molar-refractivity contribution in [1.82, 2.24) is 5.32 Å². The Morgan fingerprint density at radius 1 is 1.54 bits per heavy atom. The Labute approximate surface area is 85.0 Å². The molecule has 1 fully saturated rings. The van der Waals surface area contributed by atoms with Crippen molar-refractivity contribution >= 4 is 17.5 Å². The molecule has 76 valence electrons. The molecular formula is C10H18ClNO. The zero-order chi connectivity index (χ0) is 9.68. The zero-order valence-electron chi connectivity index (χ0n) is 8.18. The van der Waals surface area contributed by atoms with Gasteiger partial charge in [0.25, 0.3) is 0 Å². The van der Waals surface area contributed by atoms with Gasteiger partial charge in [0.15, 0.2) is 0 Å². The SMILES string of the molecule is CC1CCC(NC(=O)CCCCl)C1. The largest absolute Gasteiger partial charge is 0.353 e. The average Bonchev–Trinajstić information content (AvgIpc) is 2.48. The highest BCUT2D eigenvalue weighted by molar-refractivity contribution is 6.17. The third-order valence-electron chi connectivity index (χ3n) is 2.60. The molecule has 1 N–H and O–H groups in total. The van der Waals surface area contributed by atoms with Gasteiger partial charge in [0.1, 0.15) is 0 Å². The molecule has 1 saturated carbocycles. The van der Waals surface area contributed by atoms with Gasteiger partial charge in [-0.25, -0.2) is 0 Å². The molecule has 0 aromatic rings. The number of hydrogen-bond acceptors (Lipinski definition) is 1. The van der Waals surface area contributed by atoms with E-state index < -0.39 is 0 Å². The minimum atomic E-state index is 0.166. The number of carbonyl (C=O) groups excluding carboxylic acids is 1. The molecule has 0 aromatic heterocycles. The van der Waals surface area contributed by atoms with Gasteiger partial charge in [-0.1, -0.05) is 6.92 Å². The first-order valence-corrected chi connectivity index (χ1v) is 5.61. The summed E-state index contributed by atoms with van der Waals surface area (Å²) < 4.78 is 0. The molecule has 2 atom stereocenters. The first kappa shape index (κ1) is 10.8. The van der Waals surface area contributed by atoms with Crippen LogP contribution in [0.5, 0.6) is 0 Å². The number of carbonyl (C=O) groups is 1. The fourth-order valence-corrected chi connectivity index (χ4v) is 2.00. The Bertz CT molecular complexity index is 172. The summed E-state index contributed by atoms with van der Waals surface area (Å²) in [6.07, 6.45) is 4.91. The van der Waals surface area contributed by atoms with Crippen molar-refractivity contribution in [3.8, 4) is 0 Å². The van der Waals surface area contributed by atoms with Gasteiger partial charge in [-0.15, -0.1) is 11.6 Å². The van der Waals surface area contributed by atoms with E-state index in [-0.39, 0.29) is 5.91 Å². The fraction of sp³-hybridized carbons (Fsp3) is 0.900. The van der Waals surface area contributed by atoms with E-state index in [4.69, 9.17) is 11.6 Å². The lowest BCUT2D eigenvalue weighted by Gasteiger charge is -2.11. The van der Waals surface area contributed by atoms with Crippen LogP contribution in [0.4, 0.5) is 0 Å². The van der Waals surface area contributed by atoms with Crippen molar-refractivity contribution in [3.63, 3.8) is 0 Å². The van der Waals surface area contributed by atoms with Crippen LogP contribution in [-0.2, 0) is 4.79 Å². The van der Waals surface area contributed by atoms with Crippen molar-refractivity contribution in [2.75, 3.05) is 5.88 Å². The molecule has 3 heteroatoms. The Morgan fingerprint density at radius 3 is 2.85 bits per heavy atom. The summed E-state index contributed by atoms with van der Waals surface area (Å²) in [7, 11) is 0. The van der Waals surface area contributed by atoms with E-state index in [2.05, 4.69) is 12.2 Å². The average molecular weight is 204 g/mol. The van der Waals surface area contributed by atoms with E-state index in [0.29, 0.717) is 18.3 Å². The molecule has 1 rings (SSSR count). The van der Waals surface area contributed by atoms with Gasteiger partial charge in [0.05, 0.1) is 0 Å². The van der Waals surface area contributed by atoms with E-state index >= 15 is 0 Å². The van der Waals surface area contributed by atoms with Crippen LogP contribution in [-0.4, -0.2) is 17.8 Å². The third kappa shape index (κ3) is 3.99. The van der Waals surface area contributed by atoms with Crippen molar-refractivity contribution in [1.29, 1.82) is 0 Å². The predicted octanol–water partition coefficient (Wildman–Crippen LogP) is 2.31. The van der Waals surface area contributed by atoms with E-state index in [9.17, 15) is 4.79 Å². The zero-order valence-corrected chi connectivity index (χ0v) is 8.94. The maximum atomic E-state index is 11.3. The lowest BCUT2D eigenvalue weighted by molar-refractivity contribution is -0.121. The maximum absolute atomic E-state index is 11.3. The molecule has 0 saturated heterocycles. The molecule has 1 amide bonds. The maximum Gasteiger partial charge on any atom is 0.220 e. The molecule has 0 radical (unpaired) electrons. The second-order valence-corrected chi connectivity index (χ2v) is 4.35. The minimum absolute atomic E-state index is 0.166. The van der Waals surface area contributed by atoms with Gasteiger partial charge in [-0.05, 0) is 31.6 Å². The predicted molar refractivity (Wildman–Crippen MR) is 54.9 cm³/mol. The fourth-order valence-electron chi connectivity index (χ4n) is 1.87. The molecule has 0 aliphatic heterocycles. The second kappa shape index (κ2) is 5.48. The molecule has 0 bridgehead atoms. The molecule has 1 aliphatic rings. The number of hydrogen-bond donors (Lipinski definition) is 1. The Kier molecular flexibility index (Phi) is 4.57.